The normalized spacial score (nSPS) is 14.3. The molecule has 164 valence electrons. The molecule has 0 N–H and O–H groups in total. The highest BCUT2D eigenvalue weighted by Crippen LogP contribution is 2.42. The van der Waals surface area contributed by atoms with Crippen LogP contribution in [0.2, 0.25) is 5.02 Å². The van der Waals surface area contributed by atoms with E-state index in [1.165, 1.54) is 7.11 Å². The summed E-state index contributed by atoms with van der Waals surface area (Å²) in [5, 5.41) is 0.560. The van der Waals surface area contributed by atoms with Crippen molar-refractivity contribution < 1.29 is 23.7 Å². The zero-order valence-corrected chi connectivity index (χ0v) is 18.7. The van der Waals surface area contributed by atoms with Crippen molar-refractivity contribution in [1.29, 1.82) is 0 Å². The first-order chi connectivity index (χ1) is 15.0. The molecule has 31 heavy (non-hydrogen) atoms. The van der Waals surface area contributed by atoms with Crippen LogP contribution in [0.3, 0.4) is 0 Å². The van der Waals surface area contributed by atoms with Crippen LogP contribution in [-0.2, 0) is 20.9 Å². The summed E-state index contributed by atoms with van der Waals surface area (Å²) in [7, 11) is 4.62. The van der Waals surface area contributed by atoms with Crippen LogP contribution in [0.1, 0.15) is 36.3 Å². The molecule has 3 heterocycles. The van der Waals surface area contributed by atoms with Crippen LogP contribution in [0.25, 0.3) is 5.82 Å². The monoisotopic (exact) mass is 444 g/mol. The first-order valence-corrected chi connectivity index (χ1v) is 10.1. The van der Waals surface area contributed by atoms with E-state index in [0.717, 1.165) is 22.6 Å². The van der Waals surface area contributed by atoms with Gasteiger partial charge >= 0.3 is 5.97 Å². The van der Waals surface area contributed by atoms with Crippen molar-refractivity contribution in [2.75, 3.05) is 21.3 Å². The predicted octanol–water partition coefficient (Wildman–Crippen LogP) is 4.73. The number of methoxy groups -OCH3 is 3. The van der Waals surface area contributed by atoms with Crippen molar-refractivity contribution in [2.45, 2.75) is 26.1 Å². The molecule has 0 fully saturated rings. The number of carbonyl (C=O) groups is 1. The maximum atomic E-state index is 9.96. The Hall–Kier alpha value is -3.03. The van der Waals surface area contributed by atoms with Crippen molar-refractivity contribution >= 4 is 17.6 Å². The topological polar surface area (TPSA) is 71.8 Å². The Balaban J connectivity index is 0.000000401. The van der Waals surface area contributed by atoms with Crippen LogP contribution in [0, 0.1) is 0 Å². The average molecular weight is 445 g/mol. The van der Waals surface area contributed by atoms with E-state index >= 15 is 0 Å². The average Bonchev–Trinajstić information content (AvgIpc) is 3.21. The van der Waals surface area contributed by atoms with Gasteiger partial charge in [0.15, 0.2) is 11.5 Å². The molecular formula is C23H25ClN2O5. The Kier molecular flexibility index (Phi) is 7.55. The molecule has 1 aliphatic heterocycles. The van der Waals surface area contributed by atoms with Gasteiger partial charge < -0.3 is 23.5 Å². The molecule has 1 unspecified atom stereocenters. The summed E-state index contributed by atoms with van der Waals surface area (Å²) in [6.07, 6.45) is 3.72. The molecule has 0 spiro atoms. The van der Waals surface area contributed by atoms with Crippen molar-refractivity contribution in [2.24, 2.45) is 0 Å². The van der Waals surface area contributed by atoms with Gasteiger partial charge in [-0.2, -0.15) is 0 Å². The van der Waals surface area contributed by atoms with E-state index in [-0.39, 0.29) is 12.1 Å². The highest BCUT2D eigenvalue weighted by atomic mass is 35.5. The highest BCUT2D eigenvalue weighted by Gasteiger charge is 2.28. The van der Waals surface area contributed by atoms with Gasteiger partial charge in [-0.05, 0) is 24.3 Å². The zero-order chi connectivity index (χ0) is 22.4. The van der Waals surface area contributed by atoms with Gasteiger partial charge in [-0.3, -0.25) is 4.79 Å². The molecule has 0 bridgehead atoms. The minimum Gasteiger partial charge on any atom is -0.493 e. The van der Waals surface area contributed by atoms with Gasteiger partial charge in [0.2, 0.25) is 0 Å². The first kappa shape index (κ1) is 22.7. The Bertz CT molecular complexity index is 1040. The van der Waals surface area contributed by atoms with Crippen LogP contribution in [-0.4, -0.2) is 36.8 Å². The third-order valence-corrected chi connectivity index (χ3v) is 5.04. The van der Waals surface area contributed by atoms with Gasteiger partial charge in [-0.25, -0.2) is 4.98 Å². The number of ether oxygens (including phenoxy) is 4. The molecule has 1 aliphatic rings. The molecule has 2 aromatic heterocycles. The molecule has 0 radical (unpaired) electrons. The lowest BCUT2D eigenvalue weighted by Crippen LogP contribution is -2.09. The minimum atomic E-state index is -0.369. The van der Waals surface area contributed by atoms with Crippen LogP contribution >= 0.6 is 11.6 Å². The third-order valence-electron chi connectivity index (χ3n) is 4.84. The summed E-state index contributed by atoms with van der Waals surface area (Å²) >= 11 is 6.23. The van der Waals surface area contributed by atoms with E-state index in [9.17, 15) is 4.79 Å². The van der Waals surface area contributed by atoms with Crippen LogP contribution < -0.4 is 9.47 Å². The number of hydrogen-bond donors (Lipinski definition) is 0. The smallest absolute Gasteiger partial charge is 0.305 e. The van der Waals surface area contributed by atoms with Crippen molar-refractivity contribution in [3.8, 4) is 17.3 Å². The maximum absolute atomic E-state index is 9.96. The SMILES string of the molecule is CCC(=O)OC.COc1cccc(C2OCc3cccn3-c3ncc(Cl)cc32)c1OC. The van der Waals surface area contributed by atoms with Crippen LogP contribution in [0.5, 0.6) is 11.5 Å². The standard InChI is InChI=1S/C19H17ClN2O3.C4H8O2/c1-23-16-7-3-6-14(18(16)24-2)17-15-9-12(20)10-21-19(15)22-8-4-5-13(22)11-25-17;1-3-4(5)6-2/h3-10,17H,11H2,1-2H3;3H2,1-2H3. The molecule has 8 heteroatoms. The number of fused-ring (bicyclic) bond motifs is 3. The lowest BCUT2D eigenvalue weighted by molar-refractivity contribution is -0.140. The van der Waals surface area contributed by atoms with Gasteiger partial charge in [0.1, 0.15) is 11.9 Å². The highest BCUT2D eigenvalue weighted by molar-refractivity contribution is 6.30. The molecular weight excluding hydrogens is 420 g/mol. The number of para-hydroxylation sites is 1. The van der Waals surface area contributed by atoms with Gasteiger partial charge in [-0.15, -0.1) is 0 Å². The molecule has 0 amide bonds. The molecule has 7 nitrogen and oxygen atoms in total. The fraction of sp³-hybridized carbons (Fsp3) is 0.304. The molecule has 0 saturated heterocycles. The lowest BCUT2D eigenvalue weighted by atomic mass is 10.0. The quantitative estimate of drug-likeness (QED) is 0.541. The fourth-order valence-electron chi connectivity index (χ4n) is 3.36. The minimum absolute atomic E-state index is 0.157. The molecule has 4 rings (SSSR count). The number of hydrogen-bond acceptors (Lipinski definition) is 6. The number of benzene rings is 1. The molecule has 1 aromatic carbocycles. The first-order valence-electron chi connectivity index (χ1n) is 9.75. The largest absolute Gasteiger partial charge is 0.493 e. The predicted molar refractivity (Wildman–Crippen MR) is 117 cm³/mol. The van der Waals surface area contributed by atoms with E-state index in [1.54, 1.807) is 27.3 Å². The number of nitrogens with zero attached hydrogens (tertiary/aromatic N) is 2. The second-order valence-corrected chi connectivity index (χ2v) is 7.08. The van der Waals surface area contributed by atoms with Crippen molar-refractivity contribution in [3.05, 3.63) is 70.6 Å². The third kappa shape index (κ3) is 4.84. The summed E-state index contributed by atoms with van der Waals surface area (Å²) in [4.78, 5) is 14.5. The molecule has 3 aromatic rings. The lowest BCUT2D eigenvalue weighted by Gasteiger charge is -2.21. The van der Waals surface area contributed by atoms with E-state index in [4.69, 9.17) is 25.8 Å². The summed E-state index contributed by atoms with van der Waals surface area (Å²) in [5.74, 6) is 1.95. The van der Waals surface area contributed by atoms with Crippen molar-refractivity contribution in [1.82, 2.24) is 9.55 Å². The van der Waals surface area contributed by atoms with Crippen LogP contribution in [0.4, 0.5) is 0 Å². The summed E-state index contributed by atoms with van der Waals surface area (Å²) in [6, 6.07) is 11.6. The fourth-order valence-corrected chi connectivity index (χ4v) is 3.53. The number of rotatable bonds is 4. The second-order valence-electron chi connectivity index (χ2n) is 6.64. The second kappa shape index (κ2) is 10.3. The van der Waals surface area contributed by atoms with Crippen LogP contribution in [0.15, 0.2) is 48.8 Å². The van der Waals surface area contributed by atoms with E-state index in [2.05, 4.69) is 9.72 Å². The Morgan fingerprint density at radius 1 is 1.19 bits per heavy atom. The maximum Gasteiger partial charge on any atom is 0.305 e. The van der Waals surface area contributed by atoms with Crippen molar-refractivity contribution in [3.63, 3.8) is 0 Å². The number of pyridine rings is 1. The molecule has 0 saturated carbocycles. The van der Waals surface area contributed by atoms with E-state index < -0.39 is 0 Å². The summed E-state index contributed by atoms with van der Waals surface area (Å²) in [6.45, 7) is 2.21. The van der Waals surface area contributed by atoms with Gasteiger partial charge in [0, 0.05) is 35.6 Å². The molecule has 1 atom stereocenters. The Labute approximate surface area is 186 Å². The van der Waals surface area contributed by atoms with Gasteiger partial charge in [-0.1, -0.05) is 30.7 Å². The van der Waals surface area contributed by atoms with E-state index in [0.29, 0.717) is 29.5 Å². The number of esters is 1. The molecule has 0 aliphatic carbocycles. The number of halogens is 1. The number of aromatic nitrogens is 2. The van der Waals surface area contributed by atoms with Gasteiger partial charge in [0.25, 0.3) is 0 Å². The number of carbonyl (C=O) groups excluding carboxylic acids is 1. The summed E-state index contributed by atoms with van der Waals surface area (Å²) in [5.41, 5.74) is 2.78. The zero-order valence-electron chi connectivity index (χ0n) is 17.9. The Morgan fingerprint density at radius 2 is 2.00 bits per heavy atom. The summed E-state index contributed by atoms with van der Waals surface area (Å²) < 4.78 is 23.6. The Morgan fingerprint density at radius 3 is 2.65 bits per heavy atom. The van der Waals surface area contributed by atoms with Gasteiger partial charge in [0.05, 0.1) is 33.0 Å². The van der Waals surface area contributed by atoms with E-state index in [1.807, 2.05) is 47.2 Å².